The number of nitrogens with zero attached hydrogens (tertiary/aromatic N) is 3. The molecule has 0 saturated heterocycles. The third-order valence-electron chi connectivity index (χ3n) is 8.47. The highest BCUT2D eigenvalue weighted by Crippen LogP contribution is 2.26. The van der Waals surface area contributed by atoms with Crippen LogP contribution in [0.25, 0.3) is 0 Å². The van der Waals surface area contributed by atoms with Crippen LogP contribution in [0.15, 0.2) is 116 Å². The van der Waals surface area contributed by atoms with E-state index in [1.165, 1.54) is 10.7 Å². The first kappa shape index (κ1) is 34.1. The normalized spacial score (nSPS) is 15.5. The van der Waals surface area contributed by atoms with Crippen LogP contribution in [0.3, 0.4) is 0 Å². The van der Waals surface area contributed by atoms with Crippen molar-refractivity contribution in [2.45, 2.75) is 64.1 Å². The lowest BCUT2D eigenvalue weighted by Gasteiger charge is -2.32. The molecule has 1 aliphatic carbocycles. The summed E-state index contributed by atoms with van der Waals surface area (Å²) in [6.45, 7) is 0.700. The number of ether oxygens (including phenoxy) is 2. The molecule has 50 heavy (non-hydrogen) atoms. The Kier molecular flexibility index (Phi) is 11.6. The first-order chi connectivity index (χ1) is 24.5. The minimum atomic E-state index is -0.476. The fourth-order valence-corrected chi connectivity index (χ4v) is 5.84. The summed E-state index contributed by atoms with van der Waals surface area (Å²) in [6, 6.07) is 31.5. The van der Waals surface area contributed by atoms with Crippen molar-refractivity contribution in [3.8, 4) is 5.75 Å². The van der Waals surface area contributed by atoms with Crippen LogP contribution in [0.1, 0.15) is 63.4 Å². The van der Waals surface area contributed by atoms with Crippen molar-refractivity contribution < 1.29 is 23.9 Å². The van der Waals surface area contributed by atoms with Gasteiger partial charge in [0.2, 0.25) is 5.91 Å². The van der Waals surface area contributed by atoms with Gasteiger partial charge in [0.1, 0.15) is 24.6 Å². The predicted molar refractivity (Wildman–Crippen MR) is 188 cm³/mol. The van der Waals surface area contributed by atoms with Crippen molar-refractivity contribution in [3.05, 3.63) is 144 Å². The number of amides is 3. The molecule has 0 aliphatic heterocycles. The van der Waals surface area contributed by atoms with Crippen molar-refractivity contribution in [3.63, 3.8) is 0 Å². The summed E-state index contributed by atoms with van der Waals surface area (Å²) in [5.74, 6) is -0.858. The third-order valence-corrected chi connectivity index (χ3v) is 8.47. The van der Waals surface area contributed by atoms with Crippen LogP contribution < -0.4 is 20.7 Å². The van der Waals surface area contributed by atoms with Gasteiger partial charge in [-0.25, -0.2) is 4.68 Å². The van der Waals surface area contributed by atoms with Gasteiger partial charge < -0.3 is 25.4 Å². The van der Waals surface area contributed by atoms with Gasteiger partial charge in [-0.15, -0.1) is 0 Å². The highest BCUT2D eigenvalue weighted by atomic mass is 16.5. The fraction of sp³-hybridized carbons (Fsp3) is 0.256. The molecule has 0 spiro atoms. The molecule has 1 aliphatic rings. The van der Waals surface area contributed by atoms with Crippen LogP contribution in [0.2, 0.25) is 0 Å². The Morgan fingerprint density at radius 1 is 0.760 bits per heavy atom. The van der Waals surface area contributed by atoms with E-state index in [4.69, 9.17) is 9.47 Å². The SMILES string of the molecule is O=C(Cn1nc(C(=O)NCc2ccncc2)cc1C(=O)N[C@H]1CCCC[C@@H]1OCc1ccccc1)Nc1ccccc1OCc1ccccc1. The quantitative estimate of drug-likeness (QED) is 0.138. The van der Waals surface area contributed by atoms with Crippen LogP contribution in [0, 0.1) is 0 Å². The highest BCUT2D eigenvalue weighted by molar-refractivity contribution is 5.99. The number of hydrogen-bond donors (Lipinski definition) is 3. The van der Waals surface area contributed by atoms with E-state index in [0.29, 0.717) is 24.7 Å². The van der Waals surface area contributed by atoms with E-state index in [0.717, 1.165) is 42.4 Å². The summed E-state index contributed by atoms with van der Waals surface area (Å²) in [6.07, 6.45) is 6.62. The van der Waals surface area contributed by atoms with Crippen molar-refractivity contribution >= 4 is 23.4 Å². The van der Waals surface area contributed by atoms with Gasteiger partial charge in [-0.2, -0.15) is 5.10 Å². The summed E-state index contributed by atoms with van der Waals surface area (Å²) in [5, 5.41) is 13.3. The molecule has 2 atom stereocenters. The molecule has 0 bridgehead atoms. The van der Waals surface area contributed by atoms with E-state index in [2.05, 4.69) is 26.0 Å². The summed E-state index contributed by atoms with van der Waals surface area (Å²) in [5.41, 5.74) is 3.49. The molecular formula is C39H40N6O5. The maximum Gasteiger partial charge on any atom is 0.272 e. The molecule has 2 heterocycles. The molecule has 0 unspecified atom stereocenters. The van der Waals surface area contributed by atoms with Crippen LogP contribution in [0.4, 0.5) is 5.69 Å². The lowest BCUT2D eigenvalue weighted by molar-refractivity contribution is -0.116. The number of anilines is 1. The van der Waals surface area contributed by atoms with E-state index < -0.39 is 17.7 Å². The lowest BCUT2D eigenvalue weighted by atomic mass is 9.92. The monoisotopic (exact) mass is 672 g/mol. The van der Waals surface area contributed by atoms with Crippen LogP contribution in [0.5, 0.6) is 5.75 Å². The van der Waals surface area contributed by atoms with Gasteiger partial charge in [-0.1, -0.05) is 85.6 Å². The summed E-state index contributed by atoms with van der Waals surface area (Å²) < 4.78 is 13.5. The Morgan fingerprint density at radius 3 is 2.20 bits per heavy atom. The minimum absolute atomic E-state index is 0.0177. The number of nitrogens with one attached hydrogen (secondary N) is 3. The second kappa shape index (κ2) is 17.0. The molecule has 3 N–H and O–H groups in total. The smallest absolute Gasteiger partial charge is 0.272 e. The van der Waals surface area contributed by atoms with E-state index in [1.54, 1.807) is 42.7 Å². The predicted octanol–water partition coefficient (Wildman–Crippen LogP) is 5.68. The summed E-state index contributed by atoms with van der Waals surface area (Å²) in [4.78, 5) is 44.5. The van der Waals surface area contributed by atoms with E-state index in [1.807, 2.05) is 66.7 Å². The Bertz CT molecular complexity index is 1870. The third kappa shape index (κ3) is 9.42. The number of pyridine rings is 1. The molecule has 5 aromatic rings. The average Bonchev–Trinajstić information content (AvgIpc) is 3.58. The molecule has 2 aromatic heterocycles. The van der Waals surface area contributed by atoms with Crippen LogP contribution >= 0.6 is 0 Å². The second-order valence-corrected chi connectivity index (χ2v) is 12.1. The number of carbonyl (C=O) groups excluding carboxylic acids is 3. The van der Waals surface area contributed by atoms with Gasteiger partial charge in [0.05, 0.1) is 24.4 Å². The molecule has 1 saturated carbocycles. The van der Waals surface area contributed by atoms with Crippen molar-refractivity contribution in [2.24, 2.45) is 0 Å². The Balaban J connectivity index is 1.17. The Labute approximate surface area is 291 Å². The average molecular weight is 673 g/mol. The number of rotatable bonds is 14. The largest absolute Gasteiger partial charge is 0.487 e. The molecule has 1 fully saturated rings. The maximum absolute atomic E-state index is 13.9. The van der Waals surface area contributed by atoms with E-state index in [9.17, 15) is 14.4 Å². The van der Waals surface area contributed by atoms with Crippen LogP contribution in [-0.4, -0.2) is 44.6 Å². The standard InChI is InChI=1S/C39H40N6O5/c46-37(42-31-15-7-9-17-35(31)49-26-29-11-3-1-4-12-29)25-45-34(23-33(44-45)38(47)41-24-28-19-21-40-22-20-28)39(48)43-32-16-8-10-18-36(32)50-27-30-13-5-2-6-14-30/h1-7,9,11-15,17,19-23,32,36H,8,10,16,18,24-27H2,(H,41,47)(H,42,46)(H,43,48)/t32-,36-/m0/s1. The number of carbonyl (C=O) groups is 3. The number of hydrogen-bond acceptors (Lipinski definition) is 7. The first-order valence-electron chi connectivity index (χ1n) is 16.8. The molecule has 256 valence electrons. The first-order valence-corrected chi connectivity index (χ1v) is 16.8. The molecule has 11 nitrogen and oxygen atoms in total. The van der Waals surface area contributed by atoms with Crippen molar-refractivity contribution in [2.75, 3.05) is 5.32 Å². The zero-order valence-corrected chi connectivity index (χ0v) is 27.7. The highest BCUT2D eigenvalue weighted by Gasteiger charge is 2.30. The Morgan fingerprint density at radius 2 is 1.44 bits per heavy atom. The van der Waals surface area contributed by atoms with Gasteiger partial charge in [0.25, 0.3) is 11.8 Å². The summed E-state index contributed by atoms with van der Waals surface area (Å²) >= 11 is 0. The minimum Gasteiger partial charge on any atom is -0.487 e. The zero-order chi connectivity index (χ0) is 34.5. The van der Waals surface area contributed by atoms with Gasteiger partial charge in [0.15, 0.2) is 5.69 Å². The second-order valence-electron chi connectivity index (χ2n) is 12.1. The van der Waals surface area contributed by atoms with Gasteiger partial charge in [-0.05, 0) is 53.8 Å². The number of para-hydroxylation sites is 2. The van der Waals surface area contributed by atoms with Gasteiger partial charge in [0, 0.05) is 25.0 Å². The van der Waals surface area contributed by atoms with Crippen molar-refractivity contribution in [1.82, 2.24) is 25.4 Å². The molecule has 3 aromatic carbocycles. The van der Waals surface area contributed by atoms with E-state index >= 15 is 0 Å². The maximum atomic E-state index is 13.9. The number of benzene rings is 3. The van der Waals surface area contributed by atoms with Crippen molar-refractivity contribution in [1.29, 1.82) is 0 Å². The molecular weight excluding hydrogens is 632 g/mol. The Hall–Kier alpha value is -5.81. The van der Waals surface area contributed by atoms with Gasteiger partial charge >= 0.3 is 0 Å². The molecule has 6 rings (SSSR count). The van der Waals surface area contributed by atoms with Crippen LogP contribution in [-0.2, 0) is 35.8 Å². The van der Waals surface area contributed by atoms with Gasteiger partial charge in [-0.3, -0.25) is 19.4 Å². The lowest BCUT2D eigenvalue weighted by Crippen LogP contribution is -2.46. The molecule has 0 radical (unpaired) electrons. The summed E-state index contributed by atoms with van der Waals surface area (Å²) in [7, 11) is 0. The van der Waals surface area contributed by atoms with E-state index in [-0.39, 0.29) is 36.6 Å². The fourth-order valence-electron chi connectivity index (χ4n) is 5.84. The molecule has 11 heteroatoms. The molecule has 3 amide bonds. The topological polar surface area (TPSA) is 136 Å². The number of aromatic nitrogens is 3. The zero-order valence-electron chi connectivity index (χ0n) is 27.7.